The largest absolute Gasteiger partial charge is 0.494 e. The summed E-state index contributed by atoms with van der Waals surface area (Å²) in [4.78, 5) is 14.4. The van der Waals surface area contributed by atoms with Crippen LogP contribution in [0.2, 0.25) is 0 Å². The summed E-state index contributed by atoms with van der Waals surface area (Å²) in [6.07, 6.45) is 0. The van der Waals surface area contributed by atoms with Gasteiger partial charge in [-0.25, -0.2) is 0 Å². The van der Waals surface area contributed by atoms with E-state index in [1.54, 1.807) is 11.5 Å². The topological polar surface area (TPSA) is 58.3 Å². The fourth-order valence-corrected chi connectivity index (χ4v) is 2.79. The average molecular weight is 295 g/mol. The van der Waals surface area contributed by atoms with Gasteiger partial charge in [-0.2, -0.15) is 5.26 Å². The summed E-state index contributed by atoms with van der Waals surface area (Å²) in [5, 5.41) is 9.10. The smallest absolute Gasteiger partial charge is 0.270 e. The fraction of sp³-hybridized carbons (Fsp3) is 0.294. The molecular formula is C17H17N3O2. The van der Waals surface area contributed by atoms with Crippen molar-refractivity contribution in [2.75, 3.05) is 18.1 Å². The highest BCUT2D eigenvalue weighted by Gasteiger charge is 2.23. The summed E-state index contributed by atoms with van der Waals surface area (Å²) in [5.74, 6) is 1.67. The average Bonchev–Trinajstić information content (AvgIpc) is 2.93. The first-order chi connectivity index (χ1) is 10.7. The number of nitrogens with zero attached hydrogens (tertiary/aromatic N) is 3. The Kier molecular flexibility index (Phi) is 3.60. The van der Waals surface area contributed by atoms with E-state index in [2.05, 4.69) is 4.90 Å². The number of aromatic nitrogens is 1. The molecule has 5 heteroatoms. The van der Waals surface area contributed by atoms with E-state index in [1.165, 1.54) is 0 Å². The van der Waals surface area contributed by atoms with Gasteiger partial charge in [0, 0.05) is 18.8 Å². The van der Waals surface area contributed by atoms with Crippen LogP contribution in [-0.4, -0.2) is 17.7 Å². The van der Waals surface area contributed by atoms with Gasteiger partial charge in [0.05, 0.1) is 6.61 Å². The van der Waals surface area contributed by atoms with Crippen molar-refractivity contribution >= 4 is 11.5 Å². The standard InChI is InChI=1S/C17H17N3O2/c1-3-22-14-6-4-13(5-7-14)19-8-9-20-16(19)10-12(2)15(11-18)17(20)21/h4-7,10H,3,8-9H2,1-2H3. The van der Waals surface area contributed by atoms with Gasteiger partial charge in [-0.15, -0.1) is 0 Å². The van der Waals surface area contributed by atoms with Gasteiger partial charge in [0.15, 0.2) is 0 Å². The van der Waals surface area contributed by atoms with E-state index in [1.807, 2.05) is 43.3 Å². The molecule has 1 aliphatic rings. The van der Waals surface area contributed by atoms with E-state index in [9.17, 15) is 4.79 Å². The number of fused-ring (bicyclic) bond motifs is 1. The Morgan fingerprint density at radius 3 is 2.64 bits per heavy atom. The molecular weight excluding hydrogens is 278 g/mol. The van der Waals surface area contributed by atoms with Crippen LogP contribution in [0.15, 0.2) is 35.1 Å². The van der Waals surface area contributed by atoms with E-state index < -0.39 is 0 Å². The van der Waals surface area contributed by atoms with Crippen molar-refractivity contribution in [1.82, 2.24) is 4.57 Å². The summed E-state index contributed by atoms with van der Waals surface area (Å²) in [5.41, 5.74) is 1.76. The van der Waals surface area contributed by atoms with Crippen LogP contribution >= 0.6 is 0 Å². The van der Waals surface area contributed by atoms with Gasteiger partial charge in [0.1, 0.15) is 23.2 Å². The van der Waals surface area contributed by atoms with E-state index in [0.29, 0.717) is 13.2 Å². The van der Waals surface area contributed by atoms with Gasteiger partial charge in [0.25, 0.3) is 5.56 Å². The Morgan fingerprint density at radius 1 is 1.27 bits per heavy atom. The maximum Gasteiger partial charge on any atom is 0.270 e. The Morgan fingerprint density at radius 2 is 2.00 bits per heavy atom. The van der Waals surface area contributed by atoms with E-state index in [0.717, 1.165) is 29.4 Å². The van der Waals surface area contributed by atoms with Crippen LogP contribution in [0.3, 0.4) is 0 Å². The monoisotopic (exact) mass is 295 g/mol. The quantitative estimate of drug-likeness (QED) is 0.873. The van der Waals surface area contributed by atoms with Crippen molar-refractivity contribution < 1.29 is 4.74 Å². The number of hydrogen-bond acceptors (Lipinski definition) is 4. The van der Waals surface area contributed by atoms with Gasteiger partial charge in [0.2, 0.25) is 0 Å². The van der Waals surface area contributed by atoms with Crippen molar-refractivity contribution in [3.05, 3.63) is 51.8 Å². The minimum atomic E-state index is -0.203. The fourth-order valence-electron chi connectivity index (χ4n) is 2.79. The summed E-state index contributed by atoms with van der Waals surface area (Å²) < 4.78 is 7.12. The third-order valence-electron chi connectivity index (χ3n) is 3.87. The Bertz CT molecular complexity index is 800. The summed E-state index contributed by atoms with van der Waals surface area (Å²) in [6, 6.07) is 11.7. The van der Waals surface area contributed by atoms with Crippen LogP contribution in [0, 0.1) is 18.3 Å². The normalized spacial score (nSPS) is 12.9. The second-order valence-electron chi connectivity index (χ2n) is 5.21. The van der Waals surface area contributed by atoms with E-state index >= 15 is 0 Å². The molecule has 0 saturated heterocycles. The number of nitriles is 1. The maximum absolute atomic E-state index is 12.3. The first-order valence-corrected chi connectivity index (χ1v) is 7.30. The maximum atomic E-state index is 12.3. The zero-order chi connectivity index (χ0) is 15.7. The molecule has 22 heavy (non-hydrogen) atoms. The number of anilines is 2. The number of hydrogen-bond donors (Lipinski definition) is 0. The highest BCUT2D eigenvalue weighted by atomic mass is 16.5. The molecule has 0 amide bonds. The number of benzene rings is 1. The molecule has 1 aromatic carbocycles. The van der Waals surface area contributed by atoms with Crippen LogP contribution < -0.4 is 15.2 Å². The minimum Gasteiger partial charge on any atom is -0.494 e. The SMILES string of the molecule is CCOc1ccc(N2CCn3c2cc(C)c(C#N)c3=O)cc1. The molecule has 2 aromatic rings. The van der Waals surface area contributed by atoms with Gasteiger partial charge >= 0.3 is 0 Å². The van der Waals surface area contributed by atoms with Gasteiger partial charge < -0.3 is 9.64 Å². The van der Waals surface area contributed by atoms with Crippen molar-refractivity contribution in [2.24, 2.45) is 0 Å². The van der Waals surface area contributed by atoms with Crippen LogP contribution in [0.4, 0.5) is 11.5 Å². The molecule has 0 aliphatic carbocycles. The molecule has 0 bridgehead atoms. The molecule has 2 heterocycles. The molecule has 0 fully saturated rings. The number of ether oxygens (including phenoxy) is 1. The molecule has 0 atom stereocenters. The molecule has 1 aromatic heterocycles. The highest BCUT2D eigenvalue weighted by Crippen LogP contribution is 2.31. The summed E-state index contributed by atoms with van der Waals surface area (Å²) in [7, 11) is 0. The van der Waals surface area contributed by atoms with Crippen LogP contribution in [0.5, 0.6) is 5.75 Å². The van der Waals surface area contributed by atoms with Crippen molar-refractivity contribution in [1.29, 1.82) is 5.26 Å². The lowest BCUT2D eigenvalue weighted by atomic mass is 10.1. The lowest BCUT2D eigenvalue weighted by Gasteiger charge is -2.19. The molecule has 112 valence electrons. The third kappa shape index (κ3) is 2.23. The first-order valence-electron chi connectivity index (χ1n) is 7.30. The molecule has 0 saturated carbocycles. The summed E-state index contributed by atoms with van der Waals surface area (Å²) in [6.45, 7) is 5.70. The molecule has 0 N–H and O–H groups in total. The van der Waals surface area contributed by atoms with E-state index in [4.69, 9.17) is 10.00 Å². The lowest BCUT2D eigenvalue weighted by Crippen LogP contribution is -2.22. The minimum absolute atomic E-state index is 0.203. The first kappa shape index (κ1) is 14.2. The Balaban J connectivity index is 2.01. The number of pyridine rings is 1. The Labute approximate surface area is 129 Å². The van der Waals surface area contributed by atoms with Gasteiger partial charge in [-0.3, -0.25) is 9.36 Å². The number of rotatable bonds is 3. The predicted molar refractivity (Wildman–Crippen MR) is 84.8 cm³/mol. The van der Waals surface area contributed by atoms with Crippen molar-refractivity contribution in [3.63, 3.8) is 0 Å². The van der Waals surface area contributed by atoms with Gasteiger partial charge in [-0.1, -0.05) is 0 Å². The zero-order valence-electron chi connectivity index (χ0n) is 12.7. The Hall–Kier alpha value is -2.74. The lowest BCUT2D eigenvalue weighted by molar-refractivity contribution is 0.340. The molecule has 5 nitrogen and oxygen atoms in total. The van der Waals surface area contributed by atoms with Crippen LogP contribution in [-0.2, 0) is 6.54 Å². The van der Waals surface area contributed by atoms with Crippen LogP contribution in [0.1, 0.15) is 18.1 Å². The second kappa shape index (κ2) is 5.57. The number of aryl methyl sites for hydroxylation is 1. The molecule has 1 aliphatic heterocycles. The molecule has 0 unspecified atom stereocenters. The summed E-state index contributed by atoms with van der Waals surface area (Å²) >= 11 is 0. The van der Waals surface area contributed by atoms with Crippen molar-refractivity contribution in [2.45, 2.75) is 20.4 Å². The zero-order valence-corrected chi connectivity index (χ0v) is 12.7. The third-order valence-corrected chi connectivity index (χ3v) is 3.87. The van der Waals surface area contributed by atoms with Gasteiger partial charge in [-0.05, 0) is 49.7 Å². The molecule has 3 rings (SSSR count). The molecule has 0 radical (unpaired) electrons. The second-order valence-corrected chi connectivity index (χ2v) is 5.21. The van der Waals surface area contributed by atoms with Crippen molar-refractivity contribution in [3.8, 4) is 11.8 Å². The predicted octanol–water partition coefficient (Wildman–Crippen LogP) is 2.58. The van der Waals surface area contributed by atoms with E-state index in [-0.39, 0.29) is 11.1 Å². The van der Waals surface area contributed by atoms with Crippen LogP contribution in [0.25, 0.3) is 0 Å². The highest BCUT2D eigenvalue weighted by molar-refractivity contribution is 5.64. The molecule has 0 spiro atoms.